The summed E-state index contributed by atoms with van der Waals surface area (Å²) in [6.45, 7) is 7.95. The number of amides is 1. The maximum atomic E-state index is 13.1. The first kappa shape index (κ1) is 23.4. The molecule has 0 radical (unpaired) electrons. The van der Waals surface area contributed by atoms with Gasteiger partial charge in [0.05, 0.1) is 4.92 Å². The monoisotopic (exact) mass is 459 g/mol. The van der Waals surface area contributed by atoms with Crippen molar-refractivity contribution in [1.29, 1.82) is 0 Å². The average Bonchev–Trinajstić information content (AvgIpc) is 2.85. The lowest BCUT2D eigenvalue weighted by atomic mass is 10.1. The van der Waals surface area contributed by atoms with Crippen molar-refractivity contribution in [3.63, 3.8) is 0 Å². The van der Waals surface area contributed by atoms with Gasteiger partial charge < -0.3 is 9.64 Å². The van der Waals surface area contributed by atoms with E-state index < -0.39 is 4.92 Å². The van der Waals surface area contributed by atoms with Gasteiger partial charge in [-0.1, -0.05) is 48.0 Å². The first-order valence-electron chi connectivity index (χ1n) is 11.4. The molecule has 1 aliphatic rings. The molecule has 1 fully saturated rings. The highest BCUT2D eigenvalue weighted by atomic mass is 16.6. The molecule has 0 unspecified atom stereocenters. The maximum absolute atomic E-state index is 13.1. The predicted octanol–water partition coefficient (Wildman–Crippen LogP) is 4.75. The van der Waals surface area contributed by atoms with Crippen molar-refractivity contribution in [1.82, 2.24) is 9.80 Å². The Bertz CT molecular complexity index is 1170. The quantitative estimate of drug-likeness (QED) is 0.377. The summed E-state index contributed by atoms with van der Waals surface area (Å²) in [6, 6.07) is 20.7. The van der Waals surface area contributed by atoms with Gasteiger partial charge in [-0.15, -0.1) is 0 Å². The van der Waals surface area contributed by atoms with Crippen LogP contribution >= 0.6 is 0 Å². The van der Waals surface area contributed by atoms with Gasteiger partial charge in [0.25, 0.3) is 5.91 Å². The summed E-state index contributed by atoms with van der Waals surface area (Å²) in [4.78, 5) is 28.2. The van der Waals surface area contributed by atoms with Crippen molar-refractivity contribution in [2.45, 2.75) is 27.0 Å². The number of rotatable bonds is 7. The van der Waals surface area contributed by atoms with Gasteiger partial charge in [-0.3, -0.25) is 19.8 Å². The molecule has 1 aliphatic heterocycles. The SMILES string of the molecule is Cc1ccc(CN2CCN(C(=O)c3cccc(COc4ccc(C)cc4[N+](=O)[O-])c3)CC2)cc1. The highest BCUT2D eigenvalue weighted by Crippen LogP contribution is 2.28. The van der Waals surface area contributed by atoms with Gasteiger partial charge in [0.2, 0.25) is 0 Å². The Morgan fingerprint density at radius 3 is 2.32 bits per heavy atom. The van der Waals surface area contributed by atoms with Gasteiger partial charge >= 0.3 is 5.69 Å². The molecule has 0 saturated carbocycles. The van der Waals surface area contributed by atoms with E-state index in [1.807, 2.05) is 17.0 Å². The van der Waals surface area contributed by atoms with Crippen LogP contribution in [-0.4, -0.2) is 46.8 Å². The minimum Gasteiger partial charge on any atom is -0.482 e. The fraction of sp³-hybridized carbons (Fsp3) is 0.296. The summed E-state index contributed by atoms with van der Waals surface area (Å²) in [5.41, 5.74) is 4.67. The van der Waals surface area contributed by atoms with E-state index in [0.717, 1.165) is 30.8 Å². The number of aryl methyl sites for hydroxylation is 2. The second-order valence-corrected chi connectivity index (χ2v) is 8.77. The number of carbonyl (C=O) groups is 1. The van der Waals surface area contributed by atoms with Crippen LogP contribution in [0.4, 0.5) is 5.69 Å². The van der Waals surface area contributed by atoms with Crippen LogP contribution in [0.5, 0.6) is 5.75 Å². The molecule has 7 heteroatoms. The first-order chi connectivity index (χ1) is 16.4. The van der Waals surface area contributed by atoms with E-state index >= 15 is 0 Å². The third-order valence-electron chi connectivity index (χ3n) is 6.07. The molecule has 0 bridgehead atoms. The number of piperazine rings is 1. The molecule has 4 rings (SSSR count). The number of nitro groups is 1. The molecular weight excluding hydrogens is 430 g/mol. The molecule has 3 aromatic rings. The number of nitro benzene ring substituents is 1. The molecule has 0 atom stereocenters. The van der Waals surface area contributed by atoms with E-state index in [0.29, 0.717) is 18.7 Å². The van der Waals surface area contributed by atoms with Crippen molar-refractivity contribution in [2.24, 2.45) is 0 Å². The van der Waals surface area contributed by atoms with Gasteiger partial charge in [-0.25, -0.2) is 0 Å². The smallest absolute Gasteiger partial charge is 0.311 e. The largest absolute Gasteiger partial charge is 0.482 e. The van der Waals surface area contributed by atoms with E-state index in [4.69, 9.17) is 4.74 Å². The predicted molar refractivity (Wildman–Crippen MR) is 131 cm³/mol. The molecule has 0 spiro atoms. The third-order valence-corrected chi connectivity index (χ3v) is 6.07. The van der Waals surface area contributed by atoms with Gasteiger partial charge in [-0.05, 0) is 48.7 Å². The normalized spacial score (nSPS) is 14.1. The standard InChI is InChI=1S/C27H29N3O4/c1-20-6-9-22(10-7-20)18-28-12-14-29(15-13-28)27(31)24-5-3-4-23(17-24)19-34-26-11-8-21(2)16-25(26)30(32)33/h3-11,16-17H,12-15,18-19H2,1-2H3. The van der Waals surface area contributed by atoms with E-state index in [-0.39, 0.29) is 24.0 Å². The Kier molecular flexibility index (Phi) is 7.23. The van der Waals surface area contributed by atoms with Gasteiger partial charge in [-0.2, -0.15) is 0 Å². The molecule has 0 N–H and O–H groups in total. The minimum absolute atomic E-state index is 0.00171. The Morgan fingerprint density at radius 1 is 0.912 bits per heavy atom. The van der Waals surface area contributed by atoms with Crippen LogP contribution in [0.1, 0.15) is 32.6 Å². The van der Waals surface area contributed by atoms with Crippen molar-refractivity contribution >= 4 is 11.6 Å². The minimum atomic E-state index is -0.444. The van der Waals surface area contributed by atoms with Crippen molar-refractivity contribution < 1.29 is 14.5 Å². The molecule has 0 aromatic heterocycles. The number of hydrogen-bond acceptors (Lipinski definition) is 5. The molecule has 1 heterocycles. The summed E-state index contributed by atoms with van der Waals surface area (Å²) < 4.78 is 5.72. The van der Waals surface area contributed by atoms with Crippen molar-refractivity contribution in [3.05, 3.63) is 105 Å². The van der Waals surface area contributed by atoms with Crippen LogP contribution < -0.4 is 4.74 Å². The number of carbonyl (C=O) groups excluding carboxylic acids is 1. The third kappa shape index (κ3) is 5.80. The topological polar surface area (TPSA) is 75.9 Å². The summed E-state index contributed by atoms with van der Waals surface area (Å²) >= 11 is 0. The molecule has 34 heavy (non-hydrogen) atoms. The van der Waals surface area contributed by atoms with E-state index in [1.54, 1.807) is 31.2 Å². The molecular formula is C27H29N3O4. The van der Waals surface area contributed by atoms with Crippen molar-refractivity contribution in [2.75, 3.05) is 26.2 Å². The lowest BCUT2D eigenvalue weighted by Crippen LogP contribution is -2.48. The lowest BCUT2D eigenvalue weighted by Gasteiger charge is -2.35. The molecule has 1 amide bonds. The number of ether oxygens (including phenoxy) is 1. The summed E-state index contributed by atoms with van der Waals surface area (Å²) in [6.07, 6.45) is 0. The lowest BCUT2D eigenvalue weighted by molar-refractivity contribution is -0.386. The Morgan fingerprint density at radius 2 is 1.62 bits per heavy atom. The van der Waals surface area contributed by atoms with E-state index in [1.165, 1.54) is 17.2 Å². The molecule has 7 nitrogen and oxygen atoms in total. The maximum Gasteiger partial charge on any atom is 0.311 e. The van der Waals surface area contributed by atoms with Gasteiger partial charge in [0, 0.05) is 44.4 Å². The molecule has 1 saturated heterocycles. The van der Waals surface area contributed by atoms with E-state index in [9.17, 15) is 14.9 Å². The highest BCUT2D eigenvalue weighted by Gasteiger charge is 2.22. The number of benzene rings is 3. The van der Waals surface area contributed by atoms with E-state index in [2.05, 4.69) is 36.1 Å². The number of nitrogens with zero attached hydrogens (tertiary/aromatic N) is 3. The second-order valence-electron chi connectivity index (χ2n) is 8.77. The fourth-order valence-corrected chi connectivity index (χ4v) is 4.09. The Labute approximate surface area is 199 Å². The summed E-state index contributed by atoms with van der Waals surface area (Å²) in [7, 11) is 0. The van der Waals surface area contributed by atoms with Crippen LogP contribution in [0.3, 0.4) is 0 Å². The second kappa shape index (κ2) is 10.5. The zero-order valence-electron chi connectivity index (χ0n) is 19.6. The zero-order valence-corrected chi connectivity index (χ0v) is 19.6. The summed E-state index contributed by atoms with van der Waals surface area (Å²) in [5, 5.41) is 11.3. The highest BCUT2D eigenvalue weighted by molar-refractivity contribution is 5.94. The van der Waals surface area contributed by atoms with Gasteiger partial charge in [0.15, 0.2) is 5.75 Å². The van der Waals surface area contributed by atoms with Crippen LogP contribution in [0.25, 0.3) is 0 Å². The van der Waals surface area contributed by atoms with Crippen LogP contribution in [0.15, 0.2) is 66.7 Å². The Balaban J connectivity index is 1.34. The van der Waals surface area contributed by atoms with Crippen LogP contribution in [-0.2, 0) is 13.2 Å². The molecule has 3 aromatic carbocycles. The molecule has 176 valence electrons. The van der Waals surface area contributed by atoms with Crippen LogP contribution in [0, 0.1) is 24.0 Å². The zero-order chi connectivity index (χ0) is 24.1. The van der Waals surface area contributed by atoms with Crippen LogP contribution in [0.2, 0.25) is 0 Å². The van der Waals surface area contributed by atoms with Gasteiger partial charge in [0.1, 0.15) is 6.61 Å². The number of hydrogen-bond donors (Lipinski definition) is 0. The van der Waals surface area contributed by atoms with Crippen molar-refractivity contribution in [3.8, 4) is 5.75 Å². The first-order valence-corrected chi connectivity index (χ1v) is 11.4. The fourth-order valence-electron chi connectivity index (χ4n) is 4.09. The summed E-state index contributed by atoms with van der Waals surface area (Å²) in [5.74, 6) is 0.218. The average molecular weight is 460 g/mol. The molecule has 0 aliphatic carbocycles. The Hall–Kier alpha value is -3.71.